The number of piperidine rings is 1. The van der Waals surface area contributed by atoms with Gasteiger partial charge in [-0.3, -0.25) is 4.79 Å². The number of carbonyl (C=O) groups is 1. The molecule has 16 heavy (non-hydrogen) atoms. The van der Waals surface area contributed by atoms with Gasteiger partial charge < -0.3 is 10.4 Å². The third-order valence-electron chi connectivity index (χ3n) is 3.36. The van der Waals surface area contributed by atoms with E-state index in [0.717, 1.165) is 32.2 Å². The average Bonchev–Trinajstić information content (AvgIpc) is 2.80. The van der Waals surface area contributed by atoms with E-state index in [1.165, 1.54) is 4.88 Å². The smallest absolute Gasteiger partial charge is 0.310 e. The van der Waals surface area contributed by atoms with Crippen LogP contribution in [0.25, 0.3) is 0 Å². The first-order chi connectivity index (χ1) is 7.73. The Labute approximate surface area is 99.5 Å². The van der Waals surface area contributed by atoms with Gasteiger partial charge in [0.05, 0.1) is 5.41 Å². The van der Waals surface area contributed by atoms with Gasteiger partial charge >= 0.3 is 5.97 Å². The fourth-order valence-electron chi connectivity index (χ4n) is 2.29. The Kier molecular flexibility index (Phi) is 3.61. The summed E-state index contributed by atoms with van der Waals surface area (Å²) in [6.07, 6.45) is 3.40. The molecule has 1 saturated heterocycles. The lowest BCUT2D eigenvalue weighted by Gasteiger charge is -2.33. The molecule has 0 aromatic carbocycles. The number of aliphatic carboxylic acids is 1. The van der Waals surface area contributed by atoms with Crippen LogP contribution < -0.4 is 5.32 Å². The van der Waals surface area contributed by atoms with Crippen molar-refractivity contribution in [2.75, 3.05) is 13.1 Å². The molecule has 0 radical (unpaired) electrons. The van der Waals surface area contributed by atoms with E-state index < -0.39 is 11.4 Å². The molecule has 1 unspecified atom stereocenters. The van der Waals surface area contributed by atoms with Crippen molar-refractivity contribution in [3.8, 4) is 0 Å². The quantitative estimate of drug-likeness (QED) is 0.846. The standard InChI is InChI=1S/C12H17NO2S/c14-11(15)12(5-2-7-13-9-12)6-4-10-3-1-8-16-10/h1,3,8,13H,2,4-7,9H2,(H,14,15). The van der Waals surface area contributed by atoms with E-state index in [-0.39, 0.29) is 0 Å². The highest BCUT2D eigenvalue weighted by molar-refractivity contribution is 7.09. The summed E-state index contributed by atoms with van der Waals surface area (Å²) in [5.41, 5.74) is -0.539. The molecule has 1 aromatic heterocycles. The predicted molar refractivity (Wildman–Crippen MR) is 64.8 cm³/mol. The van der Waals surface area contributed by atoms with E-state index in [1.54, 1.807) is 11.3 Å². The summed E-state index contributed by atoms with van der Waals surface area (Å²) >= 11 is 1.71. The highest BCUT2D eigenvalue weighted by Gasteiger charge is 2.39. The SMILES string of the molecule is O=C(O)C1(CCc2cccs2)CCCNC1. The minimum Gasteiger partial charge on any atom is -0.481 e. The van der Waals surface area contributed by atoms with Crippen LogP contribution in [0.1, 0.15) is 24.1 Å². The fourth-order valence-corrected chi connectivity index (χ4v) is 3.00. The van der Waals surface area contributed by atoms with E-state index in [0.29, 0.717) is 6.54 Å². The summed E-state index contributed by atoms with van der Waals surface area (Å²) in [5, 5.41) is 14.6. The Morgan fingerprint density at radius 1 is 1.62 bits per heavy atom. The maximum Gasteiger partial charge on any atom is 0.310 e. The molecule has 1 fully saturated rings. The number of aryl methyl sites for hydroxylation is 1. The molecule has 4 heteroatoms. The second-order valence-corrected chi connectivity index (χ2v) is 5.48. The Morgan fingerprint density at radius 2 is 2.50 bits per heavy atom. The number of hydrogen-bond acceptors (Lipinski definition) is 3. The van der Waals surface area contributed by atoms with Crippen LogP contribution in [0.4, 0.5) is 0 Å². The average molecular weight is 239 g/mol. The van der Waals surface area contributed by atoms with Crippen LogP contribution in [0, 0.1) is 5.41 Å². The van der Waals surface area contributed by atoms with E-state index in [4.69, 9.17) is 0 Å². The van der Waals surface area contributed by atoms with E-state index in [2.05, 4.69) is 11.4 Å². The predicted octanol–water partition coefficient (Wildman–Crippen LogP) is 2.14. The number of nitrogens with one attached hydrogen (secondary N) is 1. The molecular formula is C12H17NO2S. The Morgan fingerprint density at radius 3 is 3.06 bits per heavy atom. The van der Waals surface area contributed by atoms with Crippen molar-refractivity contribution in [1.82, 2.24) is 5.32 Å². The Bertz CT molecular complexity index is 342. The minimum atomic E-state index is -0.642. The summed E-state index contributed by atoms with van der Waals surface area (Å²) in [7, 11) is 0. The monoisotopic (exact) mass is 239 g/mol. The molecule has 1 aliphatic heterocycles. The minimum absolute atomic E-state index is 0.539. The highest BCUT2D eigenvalue weighted by Crippen LogP contribution is 2.32. The molecule has 1 atom stereocenters. The molecule has 0 saturated carbocycles. The zero-order chi connectivity index (χ0) is 11.4. The Balaban J connectivity index is 2.00. The molecule has 0 bridgehead atoms. The van der Waals surface area contributed by atoms with Crippen LogP contribution in [-0.2, 0) is 11.2 Å². The number of carboxylic acid groups (broad SMARTS) is 1. The van der Waals surface area contributed by atoms with E-state index >= 15 is 0 Å². The van der Waals surface area contributed by atoms with Gasteiger partial charge in [0, 0.05) is 11.4 Å². The van der Waals surface area contributed by atoms with Crippen molar-refractivity contribution in [2.45, 2.75) is 25.7 Å². The van der Waals surface area contributed by atoms with E-state index in [1.807, 2.05) is 11.4 Å². The van der Waals surface area contributed by atoms with Gasteiger partial charge in [0.15, 0.2) is 0 Å². The lowest BCUT2D eigenvalue weighted by atomic mass is 9.77. The maximum absolute atomic E-state index is 11.4. The molecular weight excluding hydrogens is 222 g/mol. The molecule has 2 rings (SSSR count). The van der Waals surface area contributed by atoms with Crippen molar-refractivity contribution in [2.24, 2.45) is 5.41 Å². The molecule has 0 amide bonds. The topological polar surface area (TPSA) is 49.3 Å². The summed E-state index contributed by atoms with van der Waals surface area (Å²) in [5.74, 6) is -0.642. The fraction of sp³-hybridized carbons (Fsp3) is 0.583. The first-order valence-corrected chi connectivity index (χ1v) is 6.57. The molecule has 2 heterocycles. The van der Waals surface area contributed by atoms with Gasteiger partial charge in [0.2, 0.25) is 0 Å². The molecule has 1 aromatic rings. The Hall–Kier alpha value is -0.870. The van der Waals surface area contributed by atoms with Crippen molar-refractivity contribution in [3.63, 3.8) is 0 Å². The highest BCUT2D eigenvalue weighted by atomic mass is 32.1. The van der Waals surface area contributed by atoms with Crippen molar-refractivity contribution in [1.29, 1.82) is 0 Å². The van der Waals surface area contributed by atoms with Gasteiger partial charge in [0.25, 0.3) is 0 Å². The molecule has 0 spiro atoms. The van der Waals surface area contributed by atoms with Crippen LogP contribution in [0.15, 0.2) is 17.5 Å². The van der Waals surface area contributed by atoms with Gasteiger partial charge in [-0.1, -0.05) is 6.07 Å². The lowest BCUT2D eigenvalue weighted by Crippen LogP contribution is -2.45. The summed E-state index contributed by atoms with van der Waals surface area (Å²) in [6.45, 7) is 1.57. The van der Waals surface area contributed by atoms with Crippen LogP contribution in [0.2, 0.25) is 0 Å². The second kappa shape index (κ2) is 4.97. The first-order valence-electron chi connectivity index (χ1n) is 5.69. The van der Waals surface area contributed by atoms with E-state index in [9.17, 15) is 9.90 Å². The zero-order valence-corrected chi connectivity index (χ0v) is 10.1. The normalized spacial score (nSPS) is 25.5. The third kappa shape index (κ3) is 2.44. The van der Waals surface area contributed by atoms with Crippen LogP contribution in [-0.4, -0.2) is 24.2 Å². The van der Waals surface area contributed by atoms with Crippen LogP contribution in [0.3, 0.4) is 0 Å². The number of rotatable bonds is 4. The van der Waals surface area contributed by atoms with Crippen molar-refractivity contribution in [3.05, 3.63) is 22.4 Å². The largest absolute Gasteiger partial charge is 0.481 e. The van der Waals surface area contributed by atoms with Crippen LogP contribution >= 0.6 is 11.3 Å². The first kappa shape index (κ1) is 11.6. The maximum atomic E-state index is 11.4. The summed E-state index contributed by atoms with van der Waals surface area (Å²) in [4.78, 5) is 12.7. The lowest BCUT2D eigenvalue weighted by molar-refractivity contribution is -0.150. The molecule has 0 aliphatic carbocycles. The van der Waals surface area contributed by atoms with Gasteiger partial charge in [0.1, 0.15) is 0 Å². The second-order valence-electron chi connectivity index (χ2n) is 4.45. The van der Waals surface area contributed by atoms with Gasteiger partial charge in [-0.2, -0.15) is 0 Å². The third-order valence-corrected chi connectivity index (χ3v) is 4.29. The summed E-state index contributed by atoms with van der Waals surface area (Å²) in [6, 6.07) is 4.10. The van der Waals surface area contributed by atoms with Crippen LogP contribution in [0.5, 0.6) is 0 Å². The van der Waals surface area contributed by atoms with Crippen molar-refractivity contribution < 1.29 is 9.90 Å². The van der Waals surface area contributed by atoms with Crippen molar-refractivity contribution >= 4 is 17.3 Å². The van der Waals surface area contributed by atoms with Gasteiger partial charge in [-0.05, 0) is 43.7 Å². The van der Waals surface area contributed by atoms with Gasteiger partial charge in [-0.25, -0.2) is 0 Å². The summed E-state index contributed by atoms with van der Waals surface area (Å²) < 4.78 is 0. The van der Waals surface area contributed by atoms with Gasteiger partial charge in [-0.15, -0.1) is 11.3 Å². The number of carboxylic acids is 1. The molecule has 1 aliphatic rings. The molecule has 3 nitrogen and oxygen atoms in total. The molecule has 2 N–H and O–H groups in total. The zero-order valence-electron chi connectivity index (χ0n) is 9.24. The number of hydrogen-bond donors (Lipinski definition) is 2. The molecule has 88 valence electrons. The number of thiophene rings is 1.